The highest BCUT2D eigenvalue weighted by Gasteiger charge is 2.17. The molecular formula is C14H18N6OS. The normalized spacial score (nSPS) is 11.5. The topological polar surface area (TPSA) is 102 Å². The van der Waals surface area contributed by atoms with Gasteiger partial charge in [0.25, 0.3) is 0 Å². The highest BCUT2D eigenvalue weighted by Crippen LogP contribution is 2.27. The molecule has 0 aliphatic rings. The van der Waals surface area contributed by atoms with Crippen molar-refractivity contribution in [1.29, 1.82) is 0 Å². The fourth-order valence-electron chi connectivity index (χ4n) is 2.56. The summed E-state index contributed by atoms with van der Waals surface area (Å²) in [6, 6.07) is 3.73. The Labute approximate surface area is 132 Å². The van der Waals surface area contributed by atoms with E-state index in [1.807, 2.05) is 18.4 Å². The SMILES string of the molecule is CSNCCn1c(CCO)nc2c(N)nc3cccnc3c21. The third-order valence-electron chi connectivity index (χ3n) is 3.46. The number of aliphatic hydroxyl groups is 1. The zero-order chi connectivity index (χ0) is 15.5. The zero-order valence-corrected chi connectivity index (χ0v) is 13.1. The van der Waals surface area contributed by atoms with Crippen LogP contribution in [0.15, 0.2) is 18.3 Å². The van der Waals surface area contributed by atoms with Crippen LogP contribution in [0.1, 0.15) is 5.82 Å². The summed E-state index contributed by atoms with van der Waals surface area (Å²) in [5.74, 6) is 1.19. The molecule has 3 heterocycles. The molecule has 0 unspecified atom stereocenters. The first kappa shape index (κ1) is 15.0. The molecule has 0 amide bonds. The molecule has 4 N–H and O–H groups in total. The summed E-state index contributed by atoms with van der Waals surface area (Å²) in [4.78, 5) is 13.4. The molecule has 0 saturated heterocycles. The average molecular weight is 318 g/mol. The Balaban J connectivity index is 2.24. The highest BCUT2D eigenvalue weighted by atomic mass is 32.2. The smallest absolute Gasteiger partial charge is 0.152 e. The number of hydrogen-bond donors (Lipinski definition) is 3. The van der Waals surface area contributed by atoms with Gasteiger partial charge >= 0.3 is 0 Å². The Bertz CT molecular complexity index is 803. The van der Waals surface area contributed by atoms with Crippen LogP contribution in [0, 0.1) is 0 Å². The minimum Gasteiger partial charge on any atom is -0.396 e. The number of aliphatic hydroxyl groups excluding tert-OH is 1. The van der Waals surface area contributed by atoms with E-state index in [0.29, 0.717) is 17.8 Å². The quantitative estimate of drug-likeness (QED) is 0.459. The maximum Gasteiger partial charge on any atom is 0.152 e. The molecule has 116 valence electrons. The van der Waals surface area contributed by atoms with Crippen molar-refractivity contribution in [3.05, 3.63) is 24.2 Å². The molecular weight excluding hydrogens is 300 g/mol. The van der Waals surface area contributed by atoms with E-state index in [2.05, 4.69) is 24.2 Å². The van der Waals surface area contributed by atoms with Gasteiger partial charge in [0.1, 0.15) is 22.4 Å². The molecule has 0 aliphatic heterocycles. The van der Waals surface area contributed by atoms with Gasteiger partial charge in [-0.25, -0.2) is 9.97 Å². The second-order valence-corrected chi connectivity index (χ2v) is 5.51. The van der Waals surface area contributed by atoms with Gasteiger partial charge in [0, 0.05) is 25.7 Å². The molecule has 3 aromatic rings. The van der Waals surface area contributed by atoms with Crippen LogP contribution in [-0.2, 0) is 13.0 Å². The molecule has 0 radical (unpaired) electrons. The lowest BCUT2D eigenvalue weighted by Crippen LogP contribution is -2.15. The summed E-state index contributed by atoms with van der Waals surface area (Å²) in [6.45, 7) is 1.54. The van der Waals surface area contributed by atoms with Gasteiger partial charge in [-0.1, -0.05) is 11.9 Å². The number of aromatic nitrogens is 4. The lowest BCUT2D eigenvalue weighted by Gasteiger charge is -2.10. The molecule has 0 aliphatic carbocycles. The fraction of sp³-hybridized carbons (Fsp3) is 0.357. The first-order chi connectivity index (χ1) is 10.8. The van der Waals surface area contributed by atoms with Gasteiger partial charge in [-0.15, -0.1) is 0 Å². The maximum atomic E-state index is 9.29. The van der Waals surface area contributed by atoms with Gasteiger partial charge in [-0.2, -0.15) is 0 Å². The number of nitrogens with zero attached hydrogens (tertiary/aromatic N) is 4. The molecule has 8 heteroatoms. The molecule has 0 spiro atoms. The molecule has 0 saturated carbocycles. The van der Waals surface area contributed by atoms with E-state index in [-0.39, 0.29) is 6.61 Å². The first-order valence-corrected chi connectivity index (χ1v) is 8.24. The predicted octanol–water partition coefficient (Wildman–Crippen LogP) is 0.964. The lowest BCUT2D eigenvalue weighted by molar-refractivity contribution is 0.295. The molecule has 0 atom stereocenters. The Morgan fingerprint density at radius 1 is 1.36 bits per heavy atom. The largest absolute Gasteiger partial charge is 0.396 e. The van der Waals surface area contributed by atoms with Crippen molar-refractivity contribution in [3.63, 3.8) is 0 Å². The van der Waals surface area contributed by atoms with Crippen LogP contribution in [0.3, 0.4) is 0 Å². The van der Waals surface area contributed by atoms with Crippen molar-refractivity contribution >= 4 is 39.8 Å². The summed E-state index contributed by atoms with van der Waals surface area (Å²) < 4.78 is 5.29. The van der Waals surface area contributed by atoms with E-state index in [4.69, 9.17) is 5.73 Å². The average Bonchev–Trinajstić information content (AvgIpc) is 2.88. The minimum absolute atomic E-state index is 0.0397. The van der Waals surface area contributed by atoms with E-state index in [0.717, 1.165) is 35.5 Å². The van der Waals surface area contributed by atoms with Crippen molar-refractivity contribution in [2.75, 3.05) is 25.1 Å². The number of rotatable bonds is 6. The summed E-state index contributed by atoms with van der Waals surface area (Å²) in [7, 11) is 0. The summed E-state index contributed by atoms with van der Waals surface area (Å²) in [6.07, 6.45) is 4.20. The molecule has 3 rings (SSSR count). The second kappa shape index (κ2) is 6.47. The van der Waals surface area contributed by atoms with Gasteiger partial charge in [-0.3, -0.25) is 9.71 Å². The summed E-state index contributed by atoms with van der Waals surface area (Å²) in [5.41, 5.74) is 9.13. The van der Waals surface area contributed by atoms with Crippen molar-refractivity contribution in [1.82, 2.24) is 24.2 Å². The maximum absolute atomic E-state index is 9.29. The fourth-order valence-corrected chi connectivity index (χ4v) is 2.86. The number of hydrogen-bond acceptors (Lipinski definition) is 7. The number of nitrogens with two attached hydrogens (primary N) is 1. The van der Waals surface area contributed by atoms with E-state index in [1.165, 1.54) is 0 Å². The van der Waals surface area contributed by atoms with Crippen LogP contribution < -0.4 is 10.5 Å². The van der Waals surface area contributed by atoms with E-state index < -0.39 is 0 Å². The van der Waals surface area contributed by atoms with Crippen LogP contribution in [0.2, 0.25) is 0 Å². The van der Waals surface area contributed by atoms with Crippen LogP contribution in [0.25, 0.3) is 22.1 Å². The number of fused-ring (bicyclic) bond motifs is 3. The molecule has 0 bridgehead atoms. The molecule has 22 heavy (non-hydrogen) atoms. The van der Waals surface area contributed by atoms with Crippen LogP contribution in [-0.4, -0.2) is 44.0 Å². The van der Waals surface area contributed by atoms with Crippen molar-refractivity contribution in [2.24, 2.45) is 0 Å². The van der Waals surface area contributed by atoms with Crippen molar-refractivity contribution < 1.29 is 5.11 Å². The number of anilines is 1. The van der Waals surface area contributed by atoms with Crippen LogP contribution in [0.5, 0.6) is 0 Å². The summed E-state index contributed by atoms with van der Waals surface area (Å²) >= 11 is 1.57. The third-order valence-corrected chi connectivity index (χ3v) is 3.95. The third kappa shape index (κ3) is 2.60. The van der Waals surface area contributed by atoms with Crippen molar-refractivity contribution in [2.45, 2.75) is 13.0 Å². The van der Waals surface area contributed by atoms with E-state index >= 15 is 0 Å². The summed E-state index contributed by atoms with van der Waals surface area (Å²) in [5, 5.41) is 9.29. The van der Waals surface area contributed by atoms with Gasteiger partial charge in [0.05, 0.1) is 12.1 Å². The molecule has 3 aromatic heterocycles. The minimum atomic E-state index is 0.0397. The molecule has 0 fully saturated rings. The van der Waals surface area contributed by atoms with Crippen LogP contribution >= 0.6 is 11.9 Å². The second-order valence-electron chi connectivity index (χ2n) is 4.82. The monoisotopic (exact) mass is 318 g/mol. The number of nitrogen functional groups attached to an aromatic ring is 1. The molecule has 0 aromatic carbocycles. The van der Waals surface area contributed by atoms with Crippen LogP contribution in [0.4, 0.5) is 5.82 Å². The Morgan fingerprint density at radius 3 is 3.00 bits per heavy atom. The van der Waals surface area contributed by atoms with Gasteiger partial charge in [0.2, 0.25) is 0 Å². The predicted molar refractivity (Wildman–Crippen MR) is 89.5 cm³/mol. The van der Waals surface area contributed by atoms with Gasteiger partial charge in [0.15, 0.2) is 5.82 Å². The number of nitrogens with one attached hydrogen (secondary N) is 1. The Kier molecular flexibility index (Phi) is 4.41. The molecule has 7 nitrogen and oxygen atoms in total. The number of imidazole rings is 1. The Morgan fingerprint density at radius 2 is 2.23 bits per heavy atom. The van der Waals surface area contributed by atoms with Crippen molar-refractivity contribution in [3.8, 4) is 0 Å². The van der Waals surface area contributed by atoms with E-state index in [1.54, 1.807) is 18.1 Å². The van der Waals surface area contributed by atoms with Gasteiger partial charge in [-0.05, 0) is 18.4 Å². The standard InChI is InChI=1S/C14H18N6OS/c1-22-17-6-7-20-10(4-8-21)19-12-13(20)11-9(18-14(12)15)3-2-5-16-11/h2-3,5,17,21H,4,6-8H2,1H3,(H2,15,18). The first-order valence-electron chi connectivity index (χ1n) is 7.02. The Hall–Kier alpha value is -1.90. The lowest BCUT2D eigenvalue weighted by atomic mass is 10.2. The van der Waals surface area contributed by atoms with E-state index in [9.17, 15) is 5.11 Å². The zero-order valence-electron chi connectivity index (χ0n) is 12.3. The van der Waals surface area contributed by atoms with Gasteiger partial charge < -0.3 is 15.4 Å². The highest BCUT2D eigenvalue weighted by molar-refractivity contribution is 7.96. The number of pyridine rings is 2.